The van der Waals surface area contributed by atoms with Crippen molar-refractivity contribution in [2.24, 2.45) is 0 Å². The van der Waals surface area contributed by atoms with Crippen LogP contribution >= 0.6 is 0 Å². The number of anilines is 1. The molecule has 0 bridgehead atoms. The van der Waals surface area contributed by atoms with Crippen LogP contribution in [0.1, 0.15) is 57.9 Å². The maximum Gasteiger partial charge on any atom is 0.256 e. The summed E-state index contributed by atoms with van der Waals surface area (Å²) in [5.41, 5.74) is 0.309. The SMILES string of the molecule is CCCOc1ccc(NC(=O)C2(OCCC)CCCC2)cc1C#N. The summed E-state index contributed by atoms with van der Waals surface area (Å²) in [7, 11) is 0. The van der Waals surface area contributed by atoms with Crippen molar-refractivity contribution in [3.05, 3.63) is 23.8 Å². The van der Waals surface area contributed by atoms with Gasteiger partial charge in [0.05, 0.1) is 12.2 Å². The van der Waals surface area contributed by atoms with Crippen molar-refractivity contribution in [2.45, 2.75) is 58.0 Å². The molecular weight excluding hydrogens is 304 g/mol. The fourth-order valence-electron chi connectivity index (χ4n) is 2.96. The molecule has 0 radical (unpaired) electrons. The number of rotatable bonds is 8. The van der Waals surface area contributed by atoms with Crippen molar-refractivity contribution < 1.29 is 14.3 Å². The summed E-state index contributed by atoms with van der Waals surface area (Å²) >= 11 is 0. The number of nitriles is 1. The summed E-state index contributed by atoms with van der Waals surface area (Å²) in [4.78, 5) is 12.7. The zero-order chi connectivity index (χ0) is 17.4. The van der Waals surface area contributed by atoms with Gasteiger partial charge in [0.2, 0.25) is 0 Å². The first-order valence-electron chi connectivity index (χ1n) is 8.77. The van der Waals surface area contributed by atoms with E-state index in [9.17, 15) is 10.1 Å². The minimum Gasteiger partial charge on any atom is -0.492 e. The predicted molar refractivity (Wildman–Crippen MR) is 93.0 cm³/mol. The van der Waals surface area contributed by atoms with Crippen LogP contribution in [-0.2, 0) is 9.53 Å². The number of amides is 1. The molecule has 130 valence electrons. The second-order valence-electron chi connectivity index (χ2n) is 6.18. The van der Waals surface area contributed by atoms with Crippen LogP contribution in [0, 0.1) is 11.3 Å². The molecule has 1 saturated carbocycles. The monoisotopic (exact) mass is 330 g/mol. The highest BCUT2D eigenvalue weighted by molar-refractivity contribution is 5.97. The van der Waals surface area contributed by atoms with Gasteiger partial charge in [-0.1, -0.05) is 13.8 Å². The van der Waals surface area contributed by atoms with Gasteiger partial charge in [0.15, 0.2) is 0 Å². The van der Waals surface area contributed by atoms with Crippen molar-refractivity contribution in [3.8, 4) is 11.8 Å². The van der Waals surface area contributed by atoms with Crippen LogP contribution in [0.15, 0.2) is 18.2 Å². The van der Waals surface area contributed by atoms with Gasteiger partial charge in [-0.25, -0.2) is 0 Å². The molecule has 1 aliphatic rings. The summed E-state index contributed by atoms with van der Waals surface area (Å²) in [6, 6.07) is 7.29. The number of nitrogens with zero attached hydrogens (tertiary/aromatic N) is 1. The van der Waals surface area contributed by atoms with Crippen LogP contribution in [-0.4, -0.2) is 24.7 Å². The Morgan fingerprint density at radius 2 is 1.96 bits per heavy atom. The molecule has 1 aliphatic carbocycles. The number of carbonyl (C=O) groups is 1. The Bertz CT molecular complexity index is 601. The molecular formula is C19H26N2O3. The van der Waals surface area contributed by atoms with Gasteiger partial charge in [0.25, 0.3) is 5.91 Å². The van der Waals surface area contributed by atoms with Gasteiger partial charge in [-0.3, -0.25) is 4.79 Å². The standard InChI is InChI=1S/C19H26N2O3/c1-3-11-23-17-8-7-16(13-15(17)14-20)21-18(22)19(24-12-4-2)9-5-6-10-19/h7-8,13H,3-6,9-12H2,1-2H3,(H,21,22). The Kier molecular flexibility index (Phi) is 6.62. The number of benzene rings is 1. The average molecular weight is 330 g/mol. The van der Waals surface area contributed by atoms with E-state index >= 15 is 0 Å². The Morgan fingerprint density at radius 3 is 2.58 bits per heavy atom. The summed E-state index contributed by atoms with van der Waals surface area (Å²) < 4.78 is 11.5. The third-order valence-electron chi connectivity index (χ3n) is 4.23. The molecule has 1 fully saturated rings. The lowest BCUT2D eigenvalue weighted by Gasteiger charge is -2.28. The van der Waals surface area contributed by atoms with Gasteiger partial charge in [-0.2, -0.15) is 5.26 Å². The molecule has 0 heterocycles. The van der Waals surface area contributed by atoms with Crippen molar-refractivity contribution in [1.29, 1.82) is 5.26 Å². The number of nitrogens with one attached hydrogen (secondary N) is 1. The fraction of sp³-hybridized carbons (Fsp3) is 0.579. The highest BCUT2D eigenvalue weighted by atomic mass is 16.5. The van der Waals surface area contributed by atoms with Crippen molar-refractivity contribution >= 4 is 11.6 Å². The van der Waals surface area contributed by atoms with Crippen LogP contribution in [0.25, 0.3) is 0 Å². The highest BCUT2D eigenvalue weighted by Crippen LogP contribution is 2.35. The Morgan fingerprint density at radius 1 is 1.25 bits per heavy atom. The minimum absolute atomic E-state index is 0.112. The molecule has 0 atom stereocenters. The second kappa shape index (κ2) is 8.70. The van der Waals surface area contributed by atoms with Crippen molar-refractivity contribution in [2.75, 3.05) is 18.5 Å². The van der Waals surface area contributed by atoms with Gasteiger partial charge < -0.3 is 14.8 Å². The van der Waals surface area contributed by atoms with Crippen LogP contribution < -0.4 is 10.1 Å². The van der Waals surface area contributed by atoms with E-state index in [1.165, 1.54) is 0 Å². The van der Waals surface area contributed by atoms with E-state index in [2.05, 4.69) is 11.4 Å². The maximum absolute atomic E-state index is 12.7. The van der Waals surface area contributed by atoms with Crippen LogP contribution in [0.2, 0.25) is 0 Å². The van der Waals surface area contributed by atoms with Crippen molar-refractivity contribution in [1.82, 2.24) is 0 Å². The van der Waals surface area contributed by atoms with Crippen LogP contribution in [0.4, 0.5) is 5.69 Å². The normalized spacial score (nSPS) is 15.7. The van der Waals surface area contributed by atoms with Crippen molar-refractivity contribution in [3.63, 3.8) is 0 Å². The molecule has 0 spiro atoms. The lowest BCUT2D eigenvalue weighted by molar-refractivity contribution is -0.140. The first-order chi connectivity index (χ1) is 11.6. The molecule has 0 aromatic heterocycles. The smallest absolute Gasteiger partial charge is 0.256 e. The number of hydrogen-bond acceptors (Lipinski definition) is 4. The lowest BCUT2D eigenvalue weighted by atomic mass is 10.0. The fourth-order valence-corrected chi connectivity index (χ4v) is 2.96. The summed E-state index contributed by atoms with van der Waals surface area (Å²) in [5.74, 6) is 0.440. The minimum atomic E-state index is -0.722. The maximum atomic E-state index is 12.7. The topological polar surface area (TPSA) is 71.3 Å². The van der Waals surface area contributed by atoms with Crippen LogP contribution in [0.3, 0.4) is 0 Å². The Balaban J connectivity index is 2.11. The first-order valence-corrected chi connectivity index (χ1v) is 8.77. The largest absolute Gasteiger partial charge is 0.492 e. The molecule has 2 rings (SSSR count). The van der Waals surface area contributed by atoms with Gasteiger partial charge in [-0.15, -0.1) is 0 Å². The average Bonchev–Trinajstić information content (AvgIpc) is 3.09. The van der Waals surface area contributed by atoms with Crippen LogP contribution in [0.5, 0.6) is 5.75 Å². The molecule has 1 N–H and O–H groups in total. The quantitative estimate of drug-likeness (QED) is 0.781. The summed E-state index contributed by atoms with van der Waals surface area (Å²) in [5, 5.41) is 12.2. The molecule has 1 amide bonds. The van der Waals surface area contributed by atoms with E-state index in [0.717, 1.165) is 38.5 Å². The van der Waals surface area contributed by atoms with Gasteiger partial charge >= 0.3 is 0 Å². The third-order valence-corrected chi connectivity index (χ3v) is 4.23. The van der Waals surface area contributed by atoms with E-state index in [0.29, 0.717) is 30.2 Å². The van der Waals surface area contributed by atoms with E-state index in [-0.39, 0.29) is 5.91 Å². The molecule has 1 aromatic rings. The zero-order valence-electron chi connectivity index (χ0n) is 14.6. The molecule has 5 nitrogen and oxygen atoms in total. The molecule has 0 unspecified atom stereocenters. The van der Waals surface area contributed by atoms with Gasteiger partial charge in [0, 0.05) is 12.3 Å². The third kappa shape index (κ3) is 4.27. The van der Waals surface area contributed by atoms with E-state index in [4.69, 9.17) is 9.47 Å². The van der Waals surface area contributed by atoms with Gasteiger partial charge in [0.1, 0.15) is 17.4 Å². The second-order valence-corrected chi connectivity index (χ2v) is 6.18. The summed E-state index contributed by atoms with van der Waals surface area (Å²) in [6.45, 7) is 5.20. The first kappa shape index (κ1) is 18.3. The predicted octanol–water partition coefficient (Wildman–Crippen LogP) is 4.02. The zero-order valence-corrected chi connectivity index (χ0v) is 14.6. The highest BCUT2D eigenvalue weighted by Gasteiger charge is 2.42. The number of ether oxygens (including phenoxy) is 2. The molecule has 0 saturated heterocycles. The molecule has 0 aliphatic heterocycles. The Labute approximate surface area is 144 Å². The van der Waals surface area contributed by atoms with E-state index in [1.54, 1.807) is 18.2 Å². The molecule has 1 aromatic carbocycles. The van der Waals surface area contributed by atoms with Gasteiger partial charge in [-0.05, 0) is 56.7 Å². The molecule has 5 heteroatoms. The molecule has 24 heavy (non-hydrogen) atoms. The van der Waals surface area contributed by atoms with E-state index < -0.39 is 5.60 Å². The number of hydrogen-bond donors (Lipinski definition) is 1. The van der Waals surface area contributed by atoms with E-state index in [1.807, 2.05) is 13.8 Å². The Hall–Kier alpha value is -2.06. The summed E-state index contributed by atoms with van der Waals surface area (Å²) in [6.07, 6.45) is 5.27. The number of carbonyl (C=O) groups excluding carboxylic acids is 1. The lowest BCUT2D eigenvalue weighted by Crippen LogP contribution is -2.43.